The van der Waals surface area contributed by atoms with Crippen molar-refractivity contribution in [2.24, 2.45) is 0 Å². The lowest BCUT2D eigenvalue weighted by atomic mass is 10.0. The van der Waals surface area contributed by atoms with Crippen LogP contribution in [0.3, 0.4) is 0 Å². The number of methoxy groups -OCH3 is 1. The maximum Gasteiger partial charge on any atom is 0.218 e. The number of aliphatic hydroxyl groups is 1. The first kappa shape index (κ1) is 13.7. The predicted octanol–water partition coefficient (Wildman–Crippen LogP) is 1.76. The number of nitrogens with one attached hydrogen (secondary N) is 1. The van der Waals surface area contributed by atoms with Gasteiger partial charge < -0.3 is 15.2 Å². The molecule has 0 bridgehead atoms. The zero-order valence-electron chi connectivity index (χ0n) is 10.9. The van der Waals surface area contributed by atoms with E-state index in [9.17, 15) is 5.11 Å². The summed E-state index contributed by atoms with van der Waals surface area (Å²) < 4.78 is 5.06. The Morgan fingerprint density at radius 2 is 2.18 bits per heavy atom. The molecule has 1 atom stereocenters. The Kier molecular flexibility index (Phi) is 4.69. The maximum absolute atomic E-state index is 10.0. The molecule has 1 aromatic rings. The summed E-state index contributed by atoms with van der Waals surface area (Å²) in [7, 11) is 1.57. The number of nitrogens with zero attached hydrogens (tertiary/aromatic N) is 2. The molecule has 0 aliphatic heterocycles. The molecule has 0 aromatic carbocycles. The van der Waals surface area contributed by atoms with Gasteiger partial charge in [0.1, 0.15) is 11.6 Å². The first-order valence-electron chi connectivity index (χ1n) is 5.83. The van der Waals surface area contributed by atoms with Crippen LogP contribution < -0.4 is 10.1 Å². The molecule has 1 heterocycles. The summed E-state index contributed by atoms with van der Waals surface area (Å²) in [5, 5.41) is 13.1. The van der Waals surface area contributed by atoms with Crippen molar-refractivity contribution in [1.29, 1.82) is 0 Å². The second-order valence-electron chi connectivity index (χ2n) is 4.44. The smallest absolute Gasteiger partial charge is 0.218 e. The van der Waals surface area contributed by atoms with Crippen molar-refractivity contribution in [2.45, 2.75) is 39.2 Å². The van der Waals surface area contributed by atoms with Crippen LogP contribution in [0.1, 0.15) is 32.5 Å². The molecule has 5 heteroatoms. The number of ether oxygens (including phenoxy) is 1. The Morgan fingerprint density at radius 3 is 2.76 bits per heavy atom. The molecule has 1 aromatic heterocycles. The molecule has 0 fully saturated rings. The summed E-state index contributed by atoms with van der Waals surface area (Å²) in [6.45, 7) is 6.12. The van der Waals surface area contributed by atoms with Gasteiger partial charge in [-0.1, -0.05) is 13.3 Å². The SMILES string of the molecule is CCCC(C)(O)CNc1cc(OC)nc(C)n1. The van der Waals surface area contributed by atoms with E-state index < -0.39 is 5.60 Å². The van der Waals surface area contributed by atoms with E-state index >= 15 is 0 Å². The maximum atomic E-state index is 10.0. The number of aryl methyl sites for hydroxylation is 1. The fourth-order valence-corrected chi connectivity index (χ4v) is 1.64. The van der Waals surface area contributed by atoms with E-state index in [2.05, 4.69) is 15.3 Å². The van der Waals surface area contributed by atoms with Crippen LogP contribution in [0.4, 0.5) is 5.82 Å². The number of hydrogen-bond acceptors (Lipinski definition) is 5. The molecule has 2 N–H and O–H groups in total. The standard InChI is InChI=1S/C12H21N3O2/c1-5-6-12(3,16)8-13-10-7-11(17-4)15-9(2)14-10/h7,16H,5-6,8H2,1-4H3,(H,13,14,15). The second kappa shape index (κ2) is 5.82. The highest BCUT2D eigenvalue weighted by Crippen LogP contribution is 2.16. The summed E-state index contributed by atoms with van der Waals surface area (Å²) in [6, 6.07) is 1.72. The van der Waals surface area contributed by atoms with Crippen LogP contribution in [0.25, 0.3) is 0 Å². The normalized spacial score (nSPS) is 14.2. The summed E-state index contributed by atoms with van der Waals surface area (Å²) in [6.07, 6.45) is 1.70. The molecule has 0 saturated carbocycles. The Balaban J connectivity index is 2.65. The number of anilines is 1. The molecule has 0 radical (unpaired) electrons. The van der Waals surface area contributed by atoms with E-state index in [1.165, 1.54) is 0 Å². The number of rotatable bonds is 6. The zero-order chi connectivity index (χ0) is 12.9. The summed E-state index contributed by atoms with van der Waals surface area (Å²) in [5.74, 6) is 1.84. The first-order chi connectivity index (χ1) is 7.96. The highest BCUT2D eigenvalue weighted by molar-refractivity contribution is 5.38. The second-order valence-corrected chi connectivity index (χ2v) is 4.44. The number of aromatic nitrogens is 2. The minimum absolute atomic E-state index is 0.459. The van der Waals surface area contributed by atoms with Crippen molar-refractivity contribution in [1.82, 2.24) is 9.97 Å². The lowest BCUT2D eigenvalue weighted by molar-refractivity contribution is 0.0636. The van der Waals surface area contributed by atoms with Crippen molar-refractivity contribution >= 4 is 5.82 Å². The van der Waals surface area contributed by atoms with Crippen molar-refractivity contribution in [3.05, 3.63) is 11.9 Å². The Labute approximate surface area is 102 Å². The molecule has 0 amide bonds. The van der Waals surface area contributed by atoms with Gasteiger partial charge >= 0.3 is 0 Å². The lowest BCUT2D eigenvalue weighted by Gasteiger charge is -2.23. The quantitative estimate of drug-likeness (QED) is 0.791. The van der Waals surface area contributed by atoms with Crippen molar-refractivity contribution in [3.8, 4) is 5.88 Å². The van der Waals surface area contributed by atoms with Crippen LogP contribution in [0, 0.1) is 6.92 Å². The van der Waals surface area contributed by atoms with E-state index in [0.29, 0.717) is 24.1 Å². The van der Waals surface area contributed by atoms with Gasteiger partial charge in [0, 0.05) is 12.6 Å². The minimum Gasteiger partial charge on any atom is -0.481 e. The van der Waals surface area contributed by atoms with E-state index in [1.54, 1.807) is 20.1 Å². The Morgan fingerprint density at radius 1 is 1.47 bits per heavy atom. The van der Waals surface area contributed by atoms with Gasteiger partial charge in [0.05, 0.1) is 12.7 Å². The van der Waals surface area contributed by atoms with E-state index in [0.717, 1.165) is 12.8 Å². The Hall–Kier alpha value is -1.36. The fraction of sp³-hybridized carbons (Fsp3) is 0.667. The van der Waals surface area contributed by atoms with Crippen LogP contribution >= 0.6 is 0 Å². The summed E-state index contributed by atoms with van der Waals surface area (Å²) in [4.78, 5) is 8.33. The van der Waals surface area contributed by atoms with E-state index in [-0.39, 0.29) is 0 Å². The predicted molar refractivity (Wildman–Crippen MR) is 67.3 cm³/mol. The highest BCUT2D eigenvalue weighted by atomic mass is 16.5. The third kappa shape index (κ3) is 4.56. The van der Waals surface area contributed by atoms with Gasteiger partial charge in [-0.05, 0) is 20.3 Å². The van der Waals surface area contributed by atoms with Crippen LogP contribution in [0.5, 0.6) is 5.88 Å². The molecule has 1 unspecified atom stereocenters. The van der Waals surface area contributed by atoms with Crippen LogP contribution in [0.2, 0.25) is 0 Å². The third-order valence-electron chi connectivity index (χ3n) is 2.46. The van der Waals surface area contributed by atoms with Gasteiger partial charge in [0.25, 0.3) is 0 Å². The monoisotopic (exact) mass is 239 g/mol. The summed E-state index contributed by atoms with van der Waals surface area (Å²) >= 11 is 0. The van der Waals surface area contributed by atoms with Crippen molar-refractivity contribution in [3.63, 3.8) is 0 Å². The first-order valence-corrected chi connectivity index (χ1v) is 5.83. The number of hydrogen-bond donors (Lipinski definition) is 2. The van der Waals surface area contributed by atoms with Crippen molar-refractivity contribution in [2.75, 3.05) is 19.0 Å². The average molecular weight is 239 g/mol. The van der Waals surface area contributed by atoms with Gasteiger partial charge in [-0.2, -0.15) is 4.98 Å². The molecular formula is C12H21N3O2. The van der Waals surface area contributed by atoms with Gasteiger partial charge in [0.15, 0.2) is 0 Å². The average Bonchev–Trinajstić information content (AvgIpc) is 2.26. The minimum atomic E-state index is -0.721. The van der Waals surface area contributed by atoms with Crippen molar-refractivity contribution < 1.29 is 9.84 Å². The van der Waals surface area contributed by atoms with Gasteiger partial charge in [0.2, 0.25) is 5.88 Å². The molecule has 96 valence electrons. The molecule has 5 nitrogen and oxygen atoms in total. The molecule has 0 spiro atoms. The third-order valence-corrected chi connectivity index (χ3v) is 2.46. The van der Waals surface area contributed by atoms with Crippen LogP contribution in [0.15, 0.2) is 6.07 Å². The Bertz CT molecular complexity index is 367. The van der Waals surface area contributed by atoms with E-state index in [4.69, 9.17) is 4.74 Å². The van der Waals surface area contributed by atoms with E-state index in [1.807, 2.05) is 13.8 Å². The highest BCUT2D eigenvalue weighted by Gasteiger charge is 2.18. The summed E-state index contributed by atoms with van der Waals surface area (Å²) in [5.41, 5.74) is -0.721. The fourth-order valence-electron chi connectivity index (χ4n) is 1.64. The largest absolute Gasteiger partial charge is 0.481 e. The molecule has 1 rings (SSSR count). The topological polar surface area (TPSA) is 67.3 Å². The molecular weight excluding hydrogens is 218 g/mol. The lowest BCUT2D eigenvalue weighted by Crippen LogP contribution is -2.33. The van der Waals surface area contributed by atoms with Crippen LogP contribution in [-0.2, 0) is 0 Å². The molecule has 0 saturated heterocycles. The molecule has 17 heavy (non-hydrogen) atoms. The van der Waals surface area contributed by atoms with Crippen LogP contribution in [-0.4, -0.2) is 34.3 Å². The van der Waals surface area contributed by atoms with Gasteiger partial charge in [-0.3, -0.25) is 0 Å². The van der Waals surface area contributed by atoms with Gasteiger partial charge in [-0.15, -0.1) is 0 Å². The molecule has 0 aliphatic rings. The zero-order valence-corrected chi connectivity index (χ0v) is 10.9. The molecule has 0 aliphatic carbocycles. The van der Waals surface area contributed by atoms with Gasteiger partial charge in [-0.25, -0.2) is 4.98 Å².